The number of carboxylic acids is 1. The summed E-state index contributed by atoms with van der Waals surface area (Å²) in [5, 5.41) is 18.5. The van der Waals surface area contributed by atoms with Crippen LogP contribution >= 0.6 is 0 Å². The van der Waals surface area contributed by atoms with Crippen LogP contribution in [0, 0.1) is 0 Å². The Hall–Kier alpha value is -1.14. The summed E-state index contributed by atoms with van der Waals surface area (Å²) < 4.78 is 5.43. The normalized spacial score (nSPS) is 37.4. The van der Waals surface area contributed by atoms with Gasteiger partial charge in [-0.2, -0.15) is 0 Å². The smallest absolute Gasteiger partial charge is 0.326 e. The van der Waals surface area contributed by atoms with Crippen molar-refractivity contribution < 1.29 is 24.5 Å². The lowest BCUT2D eigenvalue weighted by Crippen LogP contribution is -2.45. The van der Waals surface area contributed by atoms with Crippen LogP contribution in [0.25, 0.3) is 0 Å². The zero-order valence-electron chi connectivity index (χ0n) is 9.70. The van der Waals surface area contributed by atoms with E-state index in [1.54, 1.807) is 0 Å². The van der Waals surface area contributed by atoms with Gasteiger partial charge in [-0.05, 0) is 19.8 Å². The maximum Gasteiger partial charge on any atom is 0.326 e. The number of aliphatic carboxylic acids is 1. The number of carboxylic acid groups (broad SMARTS) is 1. The Morgan fingerprint density at radius 1 is 1.35 bits per heavy atom. The van der Waals surface area contributed by atoms with Gasteiger partial charge in [0.15, 0.2) is 0 Å². The highest BCUT2D eigenvalue weighted by Crippen LogP contribution is 2.25. The predicted molar refractivity (Wildman–Crippen MR) is 57.3 cm³/mol. The lowest BCUT2D eigenvalue weighted by atomic mass is 10.1. The van der Waals surface area contributed by atoms with Gasteiger partial charge in [-0.3, -0.25) is 4.79 Å². The predicted octanol–water partition coefficient (Wildman–Crippen LogP) is -0.400. The van der Waals surface area contributed by atoms with Crippen LogP contribution in [0.15, 0.2) is 0 Å². The van der Waals surface area contributed by atoms with Crippen molar-refractivity contribution in [3.63, 3.8) is 0 Å². The Labute approximate surface area is 99.2 Å². The third-order valence-electron chi connectivity index (χ3n) is 3.35. The van der Waals surface area contributed by atoms with E-state index >= 15 is 0 Å². The van der Waals surface area contributed by atoms with Gasteiger partial charge in [0.1, 0.15) is 12.1 Å². The molecule has 2 rings (SSSR count). The van der Waals surface area contributed by atoms with E-state index in [1.165, 1.54) is 4.90 Å². The van der Waals surface area contributed by atoms with E-state index in [1.807, 2.05) is 6.92 Å². The lowest BCUT2D eigenvalue weighted by Gasteiger charge is -2.24. The van der Waals surface area contributed by atoms with Gasteiger partial charge in [-0.15, -0.1) is 0 Å². The summed E-state index contributed by atoms with van der Waals surface area (Å²) in [6.45, 7) is 1.98. The summed E-state index contributed by atoms with van der Waals surface area (Å²) in [4.78, 5) is 24.3. The van der Waals surface area contributed by atoms with Crippen LogP contribution in [0.3, 0.4) is 0 Å². The molecule has 0 aliphatic carbocycles. The van der Waals surface area contributed by atoms with Crippen molar-refractivity contribution in [2.45, 2.75) is 50.5 Å². The maximum absolute atomic E-state index is 12.1. The average Bonchev–Trinajstić information content (AvgIpc) is 2.83. The number of carbonyl (C=O) groups excluding carboxylic acids is 1. The molecule has 96 valence electrons. The molecule has 2 N–H and O–H groups in total. The summed E-state index contributed by atoms with van der Waals surface area (Å²) >= 11 is 0. The van der Waals surface area contributed by atoms with Gasteiger partial charge in [0, 0.05) is 13.0 Å². The first-order valence-electron chi connectivity index (χ1n) is 5.86. The van der Waals surface area contributed by atoms with Crippen molar-refractivity contribution in [3.8, 4) is 0 Å². The van der Waals surface area contributed by atoms with Crippen molar-refractivity contribution in [3.05, 3.63) is 0 Å². The first-order valence-corrected chi connectivity index (χ1v) is 5.86. The fourth-order valence-electron chi connectivity index (χ4n) is 2.46. The molecule has 2 heterocycles. The highest BCUT2D eigenvalue weighted by Gasteiger charge is 2.42. The first-order chi connectivity index (χ1) is 7.99. The largest absolute Gasteiger partial charge is 0.480 e. The second kappa shape index (κ2) is 4.62. The average molecular weight is 243 g/mol. The maximum atomic E-state index is 12.1. The number of likely N-dealkylation sites (tertiary alicyclic amines) is 1. The molecular formula is C11H17NO5. The summed E-state index contributed by atoms with van der Waals surface area (Å²) in [5.74, 6) is -1.38. The molecule has 1 amide bonds. The van der Waals surface area contributed by atoms with Crippen LogP contribution in [-0.4, -0.2) is 57.9 Å². The standard InChI is InChI=1S/C11H17NO5/c1-6-2-3-9(17-6)10(14)12-5-7(13)4-8(12)11(15)16/h6-9,13H,2-5H2,1H3,(H,15,16)/t6?,7-,8-,9?/m1/s1. The quantitative estimate of drug-likeness (QED) is 0.689. The number of hydrogen-bond acceptors (Lipinski definition) is 4. The van der Waals surface area contributed by atoms with Gasteiger partial charge < -0.3 is 19.8 Å². The van der Waals surface area contributed by atoms with Crippen molar-refractivity contribution >= 4 is 11.9 Å². The van der Waals surface area contributed by atoms with E-state index in [0.717, 1.165) is 6.42 Å². The third-order valence-corrected chi connectivity index (χ3v) is 3.35. The number of hydrogen-bond donors (Lipinski definition) is 2. The third kappa shape index (κ3) is 2.42. The molecule has 2 unspecified atom stereocenters. The molecule has 0 aromatic carbocycles. The van der Waals surface area contributed by atoms with E-state index in [9.17, 15) is 14.7 Å². The Morgan fingerprint density at radius 3 is 2.59 bits per heavy atom. The number of β-amino-alcohol motifs (C(OH)–C–C–N with tert-alkyl or cyclic N) is 1. The summed E-state index contributed by atoms with van der Waals surface area (Å²) in [7, 11) is 0. The Bertz CT molecular complexity index is 332. The van der Waals surface area contributed by atoms with E-state index < -0.39 is 24.2 Å². The van der Waals surface area contributed by atoms with Gasteiger partial charge >= 0.3 is 5.97 Å². The van der Waals surface area contributed by atoms with E-state index in [0.29, 0.717) is 6.42 Å². The highest BCUT2D eigenvalue weighted by atomic mass is 16.5. The van der Waals surface area contributed by atoms with Crippen LogP contribution in [0.5, 0.6) is 0 Å². The molecule has 2 aliphatic heterocycles. The van der Waals surface area contributed by atoms with Gasteiger partial charge in [-0.1, -0.05) is 0 Å². The molecule has 0 radical (unpaired) electrons. The molecule has 0 aromatic rings. The van der Waals surface area contributed by atoms with Gasteiger partial charge in [0.2, 0.25) is 0 Å². The number of nitrogens with zero attached hydrogens (tertiary/aromatic N) is 1. The van der Waals surface area contributed by atoms with Crippen molar-refractivity contribution in [2.75, 3.05) is 6.54 Å². The molecule has 2 aliphatic rings. The lowest BCUT2D eigenvalue weighted by molar-refractivity contribution is -0.153. The number of aliphatic hydroxyl groups excluding tert-OH is 1. The number of amides is 1. The number of aliphatic hydroxyl groups is 1. The SMILES string of the molecule is CC1CCC(C(=O)N2C[C@H](O)C[C@@H]2C(=O)O)O1. The second-order valence-electron chi connectivity index (χ2n) is 4.75. The van der Waals surface area contributed by atoms with E-state index in [2.05, 4.69) is 0 Å². The Kier molecular flexibility index (Phi) is 3.35. The minimum atomic E-state index is -1.07. The van der Waals surface area contributed by atoms with Crippen LogP contribution in [0.1, 0.15) is 26.2 Å². The second-order valence-corrected chi connectivity index (χ2v) is 4.75. The van der Waals surface area contributed by atoms with Crippen molar-refractivity contribution in [1.29, 1.82) is 0 Å². The fourth-order valence-corrected chi connectivity index (χ4v) is 2.46. The van der Waals surface area contributed by atoms with Crippen molar-refractivity contribution in [1.82, 2.24) is 4.90 Å². The molecule has 0 aromatic heterocycles. The van der Waals surface area contributed by atoms with E-state index in [4.69, 9.17) is 9.84 Å². The van der Waals surface area contributed by atoms with Crippen LogP contribution < -0.4 is 0 Å². The molecule has 0 bridgehead atoms. The number of rotatable bonds is 2. The van der Waals surface area contributed by atoms with Crippen LogP contribution in [0.2, 0.25) is 0 Å². The molecule has 0 saturated carbocycles. The Morgan fingerprint density at radius 2 is 2.06 bits per heavy atom. The topological polar surface area (TPSA) is 87.1 Å². The minimum Gasteiger partial charge on any atom is -0.480 e. The monoisotopic (exact) mass is 243 g/mol. The summed E-state index contributed by atoms with van der Waals surface area (Å²) in [6.07, 6.45) is 0.281. The molecule has 2 fully saturated rings. The molecule has 2 saturated heterocycles. The fraction of sp³-hybridized carbons (Fsp3) is 0.818. The van der Waals surface area contributed by atoms with Gasteiger partial charge in [-0.25, -0.2) is 4.79 Å². The molecule has 6 heteroatoms. The highest BCUT2D eigenvalue weighted by molar-refractivity contribution is 5.87. The van der Waals surface area contributed by atoms with Gasteiger partial charge in [0.05, 0.1) is 12.2 Å². The summed E-state index contributed by atoms with van der Waals surface area (Å²) in [6, 6.07) is -0.919. The Balaban J connectivity index is 2.05. The molecule has 17 heavy (non-hydrogen) atoms. The molecule has 0 spiro atoms. The molecule has 4 atom stereocenters. The number of ether oxygens (including phenoxy) is 1. The first kappa shape index (κ1) is 12.3. The van der Waals surface area contributed by atoms with Crippen molar-refractivity contribution in [2.24, 2.45) is 0 Å². The minimum absolute atomic E-state index is 0.0414. The molecule has 6 nitrogen and oxygen atoms in total. The molecular weight excluding hydrogens is 226 g/mol. The van der Waals surface area contributed by atoms with Crippen LogP contribution in [-0.2, 0) is 14.3 Å². The zero-order chi connectivity index (χ0) is 12.6. The van der Waals surface area contributed by atoms with E-state index in [-0.39, 0.29) is 25.0 Å². The number of carbonyl (C=O) groups is 2. The summed E-state index contributed by atoms with van der Waals surface area (Å²) in [5.41, 5.74) is 0. The van der Waals surface area contributed by atoms with Gasteiger partial charge in [0.25, 0.3) is 5.91 Å². The van der Waals surface area contributed by atoms with Crippen LogP contribution in [0.4, 0.5) is 0 Å². The zero-order valence-corrected chi connectivity index (χ0v) is 9.70.